The Balaban J connectivity index is 2.11. The summed E-state index contributed by atoms with van der Waals surface area (Å²) in [6.45, 7) is 2.05. The number of hydrazine groups is 1. The molecular formula is C16H14BrClN2O. The first-order valence-corrected chi connectivity index (χ1v) is 7.67. The highest BCUT2D eigenvalue weighted by molar-refractivity contribution is 9.10. The minimum absolute atomic E-state index is 0.303. The van der Waals surface area contributed by atoms with Gasteiger partial charge in [0.25, 0.3) is 0 Å². The number of rotatable bonds is 3. The van der Waals surface area contributed by atoms with E-state index < -0.39 is 0 Å². The van der Waals surface area contributed by atoms with E-state index in [0.29, 0.717) is 5.02 Å². The highest BCUT2D eigenvalue weighted by atomic mass is 79.9. The summed E-state index contributed by atoms with van der Waals surface area (Å²) in [5.74, 6) is 6.46. The van der Waals surface area contributed by atoms with Crippen LogP contribution in [0.25, 0.3) is 11.0 Å². The summed E-state index contributed by atoms with van der Waals surface area (Å²) < 4.78 is 6.74. The molecule has 0 radical (unpaired) electrons. The summed E-state index contributed by atoms with van der Waals surface area (Å²) in [6.07, 6.45) is 0. The highest BCUT2D eigenvalue weighted by Gasteiger charge is 2.20. The van der Waals surface area contributed by atoms with Crippen molar-refractivity contribution < 1.29 is 4.42 Å². The number of hydrogen-bond donors (Lipinski definition) is 2. The van der Waals surface area contributed by atoms with Crippen molar-refractivity contribution >= 4 is 38.5 Å². The minimum Gasteiger partial charge on any atom is -0.459 e. The summed E-state index contributed by atoms with van der Waals surface area (Å²) in [5.41, 5.74) is 5.67. The van der Waals surface area contributed by atoms with E-state index in [2.05, 4.69) is 34.3 Å². The second kappa shape index (κ2) is 5.81. The Morgan fingerprint density at radius 3 is 2.81 bits per heavy atom. The maximum atomic E-state index is 6.36. The first-order chi connectivity index (χ1) is 10.1. The molecule has 1 unspecified atom stereocenters. The van der Waals surface area contributed by atoms with Crippen LogP contribution in [-0.4, -0.2) is 0 Å². The van der Waals surface area contributed by atoms with Gasteiger partial charge in [-0.1, -0.05) is 35.4 Å². The summed E-state index contributed by atoms with van der Waals surface area (Å²) in [5, 5.41) is 1.67. The molecule has 3 N–H and O–H groups in total. The van der Waals surface area contributed by atoms with Crippen LogP contribution in [0.2, 0.25) is 5.02 Å². The van der Waals surface area contributed by atoms with Crippen molar-refractivity contribution in [2.75, 3.05) is 0 Å². The fourth-order valence-electron chi connectivity index (χ4n) is 2.39. The third kappa shape index (κ3) is 2.72. The van der Waals surface area contributed by atoms with Gasteiger partial charge in [0, 0.05) is 9.86 Å². The van der Waals surface area contributed by atoms with E-state index in [9.17, 15) is 0 Å². The molecule has 3 rings (SSSR count). The van der Waals surface area contributed by atoms with Gasteiger partial charge < -0.3 is 4.42 Å². The molecule has 0 aliphatic rings. The number of nitrogens with two attached hydrogens (primary N) is 1. The molecule has 1 heterocycles. The van der Waals surface area contributed by atoms with E-state index in [1.165, 1.54) is 5.56 Å². The SMILES string of the molecule is Cc1ccc2oc(C(NN)c3cccc(Br)c3Cl)cc2c1. The maximum absolute atomic E-state index is 6.36. The van der Waals surface area contributed by atoms with Gasteiger partial charge in [-0.3, -0.25) is 5.84 Å². The predicted molar refractivity (Wildman–Crippen MR) is 89.3 cm³/mol. The fraction of sp³-hybridized carbons (Fsp3) is 0.125. The zero-order chi connectivity index (χ0) is 15.0. The standard InChI is InChI=1S/C16H14BrClN2O/c1-9-5-6-13-10(7-9)8-14(21-13)16(20-19)11-3-2-4-12(17)15(11)18/h2-8,16,20H,19H2,1H3. The van der Waals surface area contributed by atoms with E-state index in [-0.39, 0.29) is 6.04 Å². The molecule has 0 fully saturated rings. The Kier molecular flexibility index (Phi) is 4.04. The Morgan fingerprint density at radius 2 is 2.05 bits per heavy atom. The van der Waals surface area contributed by atoms with Crippen LogP contribution >= 0.6 is 27.5 Å². The summed E-state index contributed by atoms with van der Waals surface area (Å²) >= 11 is 9.79. The quantitative estimate of drug-likeness (QED) is 0.522. The van der Waals surface area contributed by atoms with Gasteiger partial charge in [0.1, 0.15) is 17.4 Å². The van der Waals surface area contributed by atoms with E-state index >= 15 is 0 Å². The minimum atomic E-state index is -0.303. The molecule has 0 saturated heterocycles. The van der Waals surface area contributed by atoms with Crippen molar-refractivity contribution in [2.45, 2.75) is 13.0 Å². The number of hydrogen-bond acceptors (Lipinski definition) is 3. The van der Waals surface area contributed by atoms with E-state index in [4.69, 9.17) is 21.9 Å². The number of halogens is 2. The van der Waals surface area contributed by atoms with E-state index in [0.717, 1.165) is 26.8 Å². The zero-order valence-corrected chi connectivity index (χ0v) is 13.7. The van der Waals surface area contributed by atoms with Gasteiger partial charge in [-0.05, 0) is 52.7 Å². The molecule has 0 bridgehead atoms. The van der Waals surface area contributed by atoms with Crippen LogP contribution in [0, 0.1) is 6.92 Å². The highest BCUT2D eigenvalue weighted by Crippen LogP contribution is 2.35. The summed E-state index contributed by atoms with van der Waals surface area (Å²) in [4.78, 5) is 0. The maximum Gasteiger partial charge on any atom is 0.134 e. The van der Waals surface area contributed by atoms with E-state index in [1.54, 1.807) is 0 Å². The lowest BCUT2D eigenvalue weighted by Gasteiger charge is -2.15. The topological polar surface area (TPSA) is 51.2 Å². The first-order valence-electron chi connectivity index (χ1n) is 6.50. The monoisotopic (exact) mass is 364 g/mol. The molecule has 0 amide bonds. The Morgan fingerprint density at radius 1 is 1.24 bits per heavy atom. The summed E-state index contributed by atoms with van der Waals surface area (Å²) in [7, 11) is 0. The van der Waals surface area contributed by atoms with Crippen molar-refractivity contribution in [2.24, 2.45) is 5.84 Å². The van der Waals surface area contributed by atoms with Gasteiger partial charge in [-0.25, -0.2) is 5.43 Å². The molecule has 2 aromatic carbocycles. The number of fused-ring (bicyclic) bond motifs is 1. The molecule has 3 nitrogen and oxygen atoms in total. The average Bonchev–Trinajstić information content (AvgIpc) is 2.87. The van der Waals surface area contributed by atoms with Gasteiger partial charge in [-0.2, -0.15) is 0 Å². The fourth-order valence-corrected chi connectivity index (χ4v) is 3.01. The Bertz CT molecular complexity index is 800. The van der Waals surface area contributed by atoms with Crippen LogP contribution in [0.1, 0.15) is 22.9 Å². The average molecular weight is 366 g/mol. The van der Waals surface area contributed by atoms with E-state index in [1.807, 2.05) is 36.4 Å². The Hall–Kier alpha value is -1.33. The molecule has 0 spiro atoms. The molecule has 108 valence electrons. The van der Waals surface area contributed by atoms with Crippen LogP contribution < -0.4 is 11.3 Å². The molecule has 0 aliphatic heterocycles. The molecule has 5 heteroatoms. The summed E-state index contributed by atoms with van der Waals surface area (Å²) in [6, 6.07) is 13.5. The van der Waals surface area contributed by atoms with Crippen molar-refractivity contribution in [3.05, 3.63) is 68.8 Å². The largest absolute Gasteiger partial charge is 0.459 e. The van der Waals surface area contributed by atoms with Crippen molar-refractivity contribution in [3.63, 3.8) is 0 Å². The molecule has 21 heavy (non-hydrogen) atoms. The number of benzene rings is 2. The van der Waals surface area contributed by atoms with Crippen LogP contribution in [0.5, 0.6) is 0 Å². The second-order valence-electron chi connectivity index (χ2n) is 4.93. The van der Waals surface area contributed by atoms with Gasteiger partial charge in [0.2, 0.25) is 0 Å². The van der Waals surface area contributed by atoms with Gasteiger partial charge in [-0.15, -0.1) is 0 Å². The van der Waals surface area contributed by atoms with Crippen LogP contribution in [-0.2, 0) is 0 Å². The van der Waals surface area contributed by atoms with Crippen LogP contribution in [0.3, 0.4) is 0 Å². The second-order valence-corrected chi connectivity index (χ2v) is 6.17. The van der Waals surface area contributed by atoms with Crippen molar-refractivity contribution in [1.29, 1.82) is 0 Å². The lowest BCUT2D eigenvalue weighted by Crippen LogP contribution is -2.28. The molecule has 1 atom stereocenters. The van der Waals surface area contributed by atoms with Crippen LogP contribution in [0.15, 0.2) is 51.4 Å². The van der Waals surface area contributed by atoms with Crippen molar-refractivity contribution in [3.8, 4) is 0 Å². The van der Waals surface area contributed by atoms with Crippen LogP contribution in [0.4, 0.5) is 0 Å². The lowest BCUT2D eigenvalue weighted by atomic mass is 10.0. The number of aryl methyl sites for hydroxylation is 1. The predicted octanol–water partition coefficient (Wildman–Crippen LogP) is 4.71. The number of furan rings is 1. The zero-order valence-electron chi connectivity index (χ0n) is 11.4. The molecular weight excluding hydrogens is 352 g/mol. The third-order valence-electron chi connectivity index (χ3n) is 3.43. The third-order valence-corrected chi connectivity index (χ3v) is 4.75. The van der Waals surface area contributed by atoms with Gasteiger partial charge in [0.05, 0.1) is 5.02 Å². The normalized spacial score (nSPS) is 12.8. The molecule has 1 aromatic heterocycles. The van der Waals surface area contributed by atoms with Crippen molar-refractivity contribution in [1.82, 2.24) is 5.43 Å². The Labute approximate surface area is 136 Å². The first kappa shape index (κ1) is 14.6. The van der Waals surface area contributed by atoms with Gasteiger partial charge in [0.15, 0.2) is 0 Å². The molecule has 0 saturated carbocycles. The molecule has 3 aromatic rings. The number of nitrogens with one attached hydrogen (secondary N) is 1. The van der Waals surface area contributed by atoms with Gasteiger partial charge >= 0.3 is 0 Å². The molecule has 0 aliphatic carbocycles. The lowest BCUT2D eigenvalue weighted by molar-refractivity contribution is 0.477. The smallest absolute Gasteiger partial charge is 0.134 e.